The molecule has 0 amide bonds. The molecular weight excluding hydrogens is 375 g/mol. The van der Waals surface area contributed by atoms with Gasteiger partial charge in [0.05, 0.1) is 20.6 Å². The number of anilines is 1. The highest BCUT2D eigenvalue weighted by atomic mass is 32.1. The number of thiocarbonyl (C=S) groups is 1. The van der Waals surface area contributed by atoms with Gasteiger partial charge in [0.1, 0.15) is 11.8 Å². The SMILES string of the molecule is C[NH+](C)[C@H](CNC(=S)Nc1ccc(OC(F)(F)F)cc1)Cc1ccccc1. The quantitative estimate of drug-likeness (QED) is 0.627. The van der Waals surface area contributed by atoms with Crippen molar-refractivity contribution < 1.29 is 22.8 Å². The molecule has 0 bridgehead atoms. The Morgan fingerprint density at radius 3 is 2.26 bits per heavy atom. The molecule has 2 aromatic rings. The van der Waals surface area contributed by atoms with Crippen molar-refractivity contribution in [3.63, 3.8) is 0 Å². The molecule has 0 aliphatic rings. The van der Waals surface area contributed by atoms with Gasteiger partial charge in [0.2, 0.25) is 0 Å². The number of likely N-dealkylation sites (N-methyl/N-ethyl adjacent to an activating group) is 1. The molecular formula is C19H23F3N3OS+. The van der Waals surface area contributed by atoms with Gasteiger partial charge in [-0.1, -0.05) is 30.3 Å². The summed E-state index contributed by atoms with van der Waals surface area (Å²) in [5.41, 5.74) is 1.84. The number of alkyl halides is 3. The van der Waals surface area contributed by atoms with Crippen molar-refractivity contribution in [2.75, 3.05) is 26.0 Å². The first kappa shape index (κ1) is 21.0. The Hall–Kier alpha value is -2.32. The normalized spacial score (nSPS) is 12.5. The van der Waals surface area contributed by atoms with E-state index in [1.807, 2.05) is 18.2 Å². The van der Waals surface area contributed by atoms with Crippen molar-refractivity contribution in [1.82, 2.24) is 5.32 Å². The lowest BCUT2D eigenvalue weighted by Crippen LogP contribution is -3.11. The monoisotopic (exact) mass is 398 g/mol. The first-order chi connectivity index (χ1) is 12.7. The van der Waals surface area contributed by atoms with Crippen molar-refractivity contribution in [1.29, 1.82) is 0 Å². The smallest absolute Gasteiger partial charge is 0.406 e. The molecule has 0 saturated carbocycles. The van der Waals surface area contributed by atoms with Crippen molar-refractivity contribution in [2.24, 2.45) is 0 Å². The number of benzene rings is 2. The lowest BCUT2D eigenvalue weighted by molar-refractivity contribution is -0.884. The van der Waals surface area contributed by atoms with E-state index in [0.29, 0.717) is 23.4 Å². The first-order valence-corrected chi connectivity index (χ1v) is 8.88. The Balaban J connectivity index is 1.85. The highest BCUT2D eigenvalue weighted by Crippen LogP contribution is 2.23. The van der Waals surface area contributed by atoms with Crippen molar-refractivity contribution in [3.05, 3.63) is 60.2 Å². The molecule has 8 heteroatoms. The molecule has 1 atom stereocenters. The molecule has 0 aromatic heterocycles. The van der Waals surface area contributed by atoms with Gasteiger partial charge < -0.3 is 20.3 Å². The summed E-state index contributed by atoms with van der Waals surface area (Å²) >= 11 is 5.28. The molecule has 0 fully saturated rings. The summed E-state index contributed by atoms with van der Waals surface area (Å²) in [6, 6.07) is 16.0. The number of hydrogen-bond acceptors (Lipinski definition) is 2. The second kappa shape index (κ2) is 9.57. The summed E-state index contributed by atoms with van der Waals surface area (Å²) in [5.74, 6) is -0.272. The Kier molecular flexibility index (Phi) is 7.44. The van der Waals surface area contributed by atoms with E-state index in [1.165, 1.54) is 34.7 Å². The van der Waals surface area contributed by atoms with Gasteiger partial charge in [-0.2, -0.15) is 0 Å². The third-order valence-corrected chi connectivity index (χ3v) is 4.24. The van der Waals surface area contributed by atoms with Crippen LogP contribution in [0.2, 0.25) is 0 Å². The molecule has 0 saturated heterocycles. The highest BCUT2D eigenvalue weighted by Gasteiger charge is 2.30. The molecule has 27 heavy (non-hydrogen) atoms. The standard InChI is InChI=1S/C19H22F3N3OS/c1-25(2)16(12-14-6-4-3-5-7-14)13-23-18(27)24-15-8-10-17(11-9-15)26-19(20,21)22/h3-11,16H,12-13H2,1-2H3,(H2,23,24,27)/p+1/t16-/m0/s1. The van der Waals surface area contributed by atoms with E-state index in [0.717, 1.165) is 6.42 Å². The Morgan fingerprint density at radius 2 is 1.70 bits per heavy atom. The van der Waals surface area contributed by atoms with E-state index in [9.17, 15) is 13.2 Å². The van der Waals surface area contributed by atoms with Gasteiger partial charge in [-0.3, -0.25) is 0 Å². The predicted molar refractivity (Wildman–Crippen MR) is 104 cm³/mol. The van der Waals surface area contributed by atoms with Crippen LogP contribution in [0.25, 0.3) is 0 Å². The van der Waals surface area contributed by atoms with Gasteiger partial charge in [-0.15, -0.1) is 13.2 Å². The molecule has 0 heterocycles. The maximum absolute atomic E-state index is 12.2. The zero-order chi connectivity index (χ0) is 19.9. The third-order valence-electron chi connectivity index (χ3n) is 4.00. The minimum Gasteiger partial charge on any atom is -0.406 e. The van der Waals surface area contributed by atoms with E-state index in [4.69, 9.17) is 12.2 Å². The van der Waals surface area contributed by atoms with Crippen LogP contribution in [0, 0.1) is 0 Å². The van der Waals surface area contributed by atoms with E-state index >= 15 is 0 Å². The lowest BCUT2D eigenvalue weighted by Gasteiger charge is -2.23. The number of rotatable bonds is 7. The van der Waals surface area contributed by atoms with Gasteiger partial charge in [0, 0.05) is 12.1 Å². The predicted octanol–water partition coefficient (Wildman–Crippen LogP) is 2.63. The molecule has 0 aliphatic heterocycles. The molecule has 146 valence electrons. The second-order valence-corrected chi connectivity index (χ2v) is 6.78. The van der Waals surface area contributed by atoms with Crippen LogP contribution in [-0.2, 0) is 6.42 Å². The zero-order valence-corrected chi connectivity index (χ0v) is 16.0. The Labute approximate surface area is 162 Å². The minimum atomic E-state index is -4.70. The summed E-state index contributed by atoms with van der Waals surface area (Å²) in [5, 5.41) is 6.55. The largest absolute Gasteiger partial charge is 0.573 e. The average molecular weight is 398 g/mol. The van der Waals surface area contributed by atoms with E-state index < -0.39 is 6.36 Å². The zero-order valence-electron chi connectivity index (χ0n) is 15.1. The number of ether oxygens (including phenoxy) is 1. The maximum atomic E-state index is 12.2. The first-order valence-electron chi connectivity index (χ1n) is 8.47. The van der Waals surface area contributed by atoms with Crippen LogP contribution < -0.4 is 20.3 Å². The van der Waals surface area contributed by atoms with E-state index in [1.54, 1.807) is 0 Å². The van der Waals surface area contributed by atoms with Crippen LogP contribution in [0.3, 0.4) is 0 Å². The summed E-state index contributed by atoms with van der Waals surface area (Å²) < 4.78 is 40.4. The third kappa shape index (κ3) is 7.84. The van der Waals surface area contributed by atoms with Crippen molar-refractivity contribution in [3.8, 4) is 5.75 Å². The topological polar surface area (TPSA) is 37.7 Å². The number of halogens is 3. The van der Waals surface area contributed by atoms with E-state index in [-0.39, 0.29) is 5.75 Å². The molecule has 4 nitrogen and oxygen atoms in total. The van der Waals surface area contributed by atoms with Crippen LogP contribution >= 0.6 is 12.2 Å². The van der Waals surface area contributed by atoms with Gasteiger partial charge in [0.15, 0.2) is 5.11 Å². The molecule has 3 N–H and O–H groups in total. The second-order valence-electron chi connectivity index (χ2n) is 6.37. The van der Waals surface area contributed by atoms with Gasteiger partial charge in [-0.05, 0) is 42.0 Å². The van der Waals surface area contributed by atoms with Crippen molar-refractivity contribution in [2.45, 2.75) is 18.8 Å². The van der Waals surface area contributed by atoms with Gasteiger partial charge in [0.25, 0.3) is 0 Å². The number of quaternary nitrogens is 1. The van der Waals surface area contributed by atoms with Crippen LogP contribution in [0.15, 0.2) is 54.6 Å². The average Bonchev–Trinajstić information content (AvgIpc) is 2.59. The fourth-order valence-electron chi connectivity index (χ4n) is 2.51. The molecule has 2 rings (SSSR count). The van der Waals surface area contributed by atoms with Crippen LogP contribution in [-0.4, -0.2) is 38.2 Å². The summed E-state index contributed by atoms with van der Waals surface area (Å²) in [6.45, 7) is 0.665. The van der Waals surface area contributed by atoms with E-state index in [2.05, 4.69) is 41.6 Å². The Morgan fingerprint density at radius 1 is 1.07 bits per heavy atom. The van der Waals surface area contributed by atoms with Gasteiger partial charge >= 0.3 is 6.36 Å². The molecule has 0 aliphatic carbocycles. The minimum absolute atomic E-state index is 0.272. The lowest BCUT2D eigenvalue weighted by atomic mass is 10.1. The molecule has 2 aromatic carbocycles. The van der Waals surface area contributed by atoms with Crippen LogP contribution in [0.1, 0.15) is 5.56 Å². The summed E-state index contributed by atoms with van der Waals surface area (Å²) in [6.07, 6.45) is -3.80. The molecule has 0 spiro atoms. The van der Waals surface area contributed by atoms with Crippen LogP contribution in [0.4, 0.5) is 18.9 Å². The number of hydrogen-bond donors (Lipinski definition) is 3. The fraction of sp³-hybridized carbons (Fsp3) is 0.316. The van der Waals surface area contributed by atoms with Crippen molar-refractivity contribution >= 4 is 23.0 Å². The molecule has 0 radical (unpaired) electrons. The molecule has 0 unspecified atom stereocenters. The van der Waals surface area contributed by atoms with Gasteiger partial charge in [-0.25, -0.2) is 0 Å². The van der Waals surface area contributed by atoms with Crippen LogP contribution in [0.5, 0.6) is 5.75 Å². The summed E-state index contributed by atoms with van der Waals surface area (Å²) in [4.78, 5) is 1.29. The summed E-state index contributed by atoms with van der Waals surface area (Å²) in [7, 11) is 4.18. The Bertz CT molecular complexity index is 721. The maximum Gasteiger partial charge on any atom is 0.573 e. The number of nitrogens with one attached hydrogen (secondary N) is 3. The fourth-order valence-corrected chi connectivity index (χ4v) is 2.71. The highest BCUT2D eigenvalue weighted by molar-refractivity contribution is 7.80.